The zero-order valence-electron chi connectivity index (χ0n) is 6.68. The monoisotopic (exact) mass is 190 g/mol. The minimum Gasteiger partial charge on any atom is -0.588 e. The van der Waals surface area contributed by atoms with E-state index in [1.807, 2.05) is 28.7 Å². The normalized spacial score (nSPS) is 12.8. The van der Waals surface area contributed by atoms with Crippen molar-refractivity contribution in [3.63, 3.8) is 0 Å². The highest BCUT2D eigenvalue weighted by molar-refractivity contribution is 7.28. The van der Waals surface area contributed by atoms with Crippen LogP contribution in [0.1, 0.15) is 0 Å². The third kappa shape index (κ3) is 0.839. The molecule has 0 saturated heterocycles. The molecule has 64 valence electrons. The molecular weight excluding hydrogens is 184 g/mol. The average molecular weight is 190 g/mol. The molecule has 0 fully saturated rings. The number of imidazole rings is 1. The van der Waals surface area contributed by atoms with Gasteiger partial charge in [-0.15, -0.1) is 0 Å². The summed E-state index contributed by atoms with van der Waals surface area (Å²) in [5, 5.41) is 1.65. The maximum Gasteiger partial charge on any atom is 0.350 e. The Morgan fingerprint density at radius 3 is 3.08 bits per heavy atom. The molecule has 0 amide bonds. The lowest BCUT2D eigenvalue weighted by Crippen LogP contribution is -1.73. The van der Waals surface area contributed by atoms with Crippen molar-refractivity contribution < 1.29 is 4.55 Å². The van der Waals surface area contributed by atoms with E-state index in [2.05, 4.69) is 4.98 Å². The van der Waals surface area contributed by atoms with Crippen LogP contribution in [0.3, 0.4) is 0 Å². The van der Waals surface area contributed by atoms with Crippen LogP contribution in [0.4, 0.5) is 0 Å². The Balaban J connectivity index is 2.64. The average Bonchev–Trinajstić information content (AvgIpc) is 2.67. The van der Waals surface area contributed by atoms with Gasteiger partial charge in [0.1, 0.15) is 0 Å². The third-order valence-electron chi connectivity index (χ3n) is 2.08. The lowest BCUT2D eigenvalue weighted by Gasteiger charge is -1.84. The Morgan fingerprint density at radius 2 is 2.15 bits per heavy atom. The molecule has 4 heteroatoms. The summed E-state index contributed by atoms with van der Waals surface area (Å²) in [5.74, 6) is 0. The first-order valence-corrected chi connectivity index (χ1v) is 5.13. The molecule has 0 N–H and O–H groups in total. The fraction of sp³-hybridized carbons (Fsp3) is 0. The number of fused-ring (bicyclic) bond motifs is 3. The Bertz CT molecular complexity index is 581. The quantitative estimate of drug-likeness (QED) is 0.510. The van der Waals surface area contributed by atoms with E-state index in [1.54, 1.807) is 11.6 Å². The van der Waals surface area contributed by atoms with Crippen molar-refractivity contribution in [2.45, 2.75) is 0 Å². The highest BCUT2D eigenvalue weighted by atomic mass is 32.2. The Morgan fingerprint density at radius 1 is 1.31 bits per heavy atom. The van der Waals surface area contributed by atoms with Crippen LogP contribution in [0.5, 0.6) is 0 Å². The van der Waals surface area contributed by atoms with E-state index >= 15 is 0 Å². The Hall–Kier alpha value is -1.39. The van der Waals surface area contributed by atoms with Gasteiger partial charge in [-0.05, 0) is 22.9 Å². The van der Waals surface area contributed by atoms with Crippen LogP contribution in [0.15, 0.2) is 35.8 Å². The smallest absolute Gasteiger partial charge is 0.350 e. The minimum atomic E-state index is -1.06. The maximum absolute atomic E-state index is 11.4. The van der Waals surface area contributed by atoms with Crippen molar-refractivity contribution >= 4 is 26.7 Å². The summed E-state index contributed by atoms with van der Waals surface area (Å²) in [6.45, 7) is 0. The molecule has 0 spiro atoms. The van der Waals surface area contributed by atoms with Crippen LogP contribution in [0.25, 0.3) is 16.0 Å². The fourth-order valence-corrected chi connectivity index (χ4v) is 2.38. The van der Waals surface area contributed by atoms with Gasteiger partial charge in [-0.2, -0.15) is 4.98 Å². The summed E-state index contributed by atoms with van der Waals surface area (Å²) in [7, 11) is -1.06. The molecule has 0 aliphatic heterocycles. The predicted octanol–water partition coefficient (Wildman–Crippen LogP) is 2.22. The molecule has 3 nitrogen and oxygen atoms in total. The van der Waals surface area contributed by atoms with Gasteiger partial charge in [0, 0.05) is 0 Å². The molecule has 0 aliphatic carbocycles. The first-order valence-electron chi connectivity index (χ1n) is 3.92. The first-order chi connectivity index (χ1) is 6.36. The second kappa shape index (κ2) is 2.31. The summed E-state index contributed by atoms with van der Waals surface area (Å²) in [6, 6.07) is 7.77. The van der Waals surface area contributed by atoms with Gasteiger partial charge in [0.25, 0.3) is 0 Å². The number of thiazole rings is 1. The van der Waals surface area contributed by atoms with Gasteiger partial charge in [-0.1, -0.05) is 12.1 Å². The van der Waals surface area contributed by atoms with E-state index < -0.39 is 10.8 Å². The molecular formula is C9H6N2OS. The van der Waals surface area contributed by atoms with Crippen LogP contribution in [0, 0.1) is 0 Å². The summed E-state index contributed by atoms with van der Waals surface area (Å²) in [5.41, 5.74) is 1.91. The third-order valence-corrected chi connectivity index (χ3v) is 3.09. The van der Waals surface area contributed by atoms with Gasteiger partial charge in [-0.3, -0.25) is 4.40 Å². The second-order valence-corrected chi connectivity index (χ2v) is 4.07. The van der Waals surface area contributed by atoms with Gasteiger partial charge in [0.15, 0.2) is 5.38 Å². The molecule has 1 aromatic carbocycles. The van der Waals surface area contributed by atoms with Crippen molar-refractivity contribution in [1.29, 1.82) is 0 Å². The Labute approximate surface area is 77.1 Å². The minimum absolute atomic E-state index is 0.626. The summed E-state index contributed by atoms with van der Waals surface area (Å²) in [6.07, 6.45) is 1.81. The number of hydrogen-bond acceptors (Lipinski definition) is 2. The Kier molecular flexibility index (Phi) is 1.25. The van der Waals surface area contributed by atoms with Gasteiger partial charge >= 0.3 is 4.96 Å². The van der Waals surface area contributed by atoms with Crippen LogP contribution in [-0.2, 0) is 0 Å². The molecule has 2 heterocycles. The molecule has 13 heavy (non-hydrogen) atoms. The molecule has 2 aromatic heterocycles. The van der Waals surface area contributed by atoms with Crippen molar-refractivity contribution in [3.05, 3.63) is 35.8 Å². The van der Waals surface area contributed by atoms with Crippen LogP contribution in [0.2, 0.25) is 0 Å². The van der Waals surface area contributed by atoms with E-state index in [0.717, 1.165) is 11.0 Å². The molecule has 0 aliphatic rings. The van der Waals surface area contributed by atoms with Crippen molar-refractivity contribution in [2.24, 2.45) is 0 Å². The van der Waals surface area contributed by atoms with E-state index in [4.69, 9.17) is 0 Å². The molecule has 1 atom stereocenters. The number of aromatic nitrogens is 2. The number of nitrogens with zero attached hydrogens (tertiary/aromatic N) is 2. The zero-order chi connectivity index (χ0) is 8.84. The SMILES string of the molecule is [O-][s+]1ccn2c3ccccc3nc21. The lowest BCUT2D eigenvalue weighted by atomic mass is 10.3. The molecule has 3 aromatic rings. The van der Waals surface area contributed by atoms with E-state index in [1.165, 1.54) is 0 Å². The zero-order valence-corrected chi connectivity index (χ0v) is 7.49. The van der Waals surface area contributed by atoms with Crippen molar-refractivity contribution in [3.8, 4) is 0 Å². The van der Waals surface area contributed by atoms with E-state index in [9.17, 15) is 4.55 Å². The number of rotatable bonds is 0. The van der Waals surface area contributed by atoms with Crippen LogP contribution in [-0.4, -0.2) is 13.9 Å². The molecule has 1 unspecified atom stereocenters. The van der Waals surface area contributed by atoms with Crippen molar-refractivity contribution in [1.82, 2.24) is 9.38 Å². The largest absolute Gasteiger partial charge is 0.588 e. The van der Waals surface area contributed by atoms with Gasteiger partial charge < -0.3 is 4.55 Å². The first kappa shape index (κ1) is 7.06. The summed E-state index contributed by atoms with van der Waals surface area (Å²) in [4.78, 5) is 4.90. The van der Waals surface area contributed by atoms with Gasteiger partial charge in [0.05, 0.1) is 17.2 Å². The predicted molar refractivity (Wildman–Crippen MR) is 51.4 cm³/mol. The highest BCUT2D eigenvalue weighted by Gasteiger charge is 2.10. The lowest BCUT2D eigenvalue weighted by molar-refractivity contribution is 0.599. The number of benzene rings is 1. The second-order valence-electron chi connectivity index (χ2n) is 2.84. The summed E-state index contributed by atoms with van der Waals surface area (Å²) < 4.78 is 13.2. The maximum atomic E-state index is 11.4. The van der Waals surface area contributed by atoms with Gasteiger partial charge in [0.2, 0.25) is 0 Å². The molecule has 0 saturated carbocycles. The molecule has 0 bridgehead atoms. The van der Waals surface area contributed by atoms with Gasteiger partial charge in [-0.25, -0.2) is 0 Å². The molecule has 0 radical (unpaired) electrons. The summed E-state index contributed by atoms with van der Waals surface area (Å²) >= 11 is 0. The van der Waals surface area contributed by atoms with E-state index in [-0.39, 0.29) is 0 Å². The van der Waals surface area contributed by atoms with Crippen LogP contribution < -0.4 is 0 Å². The standard InChI is InChI=1S/C9H6N2OS/c12-13-6-5-11-8-4-2-1-3-7(8)10-9(11)13/h1-6H. The van der Waals surface area contributed by atoms with Crippen molar-refractivity contribution in [2.75, 3.05) is 0 Å². The topological polar surface area (TPSA) is 40.4 Å². The van der Waals surface area contributed by atoms with Crippen LogP contribution >= 0.6 is 10.8 Å². The highest BCUT2D eigenvalue weighted by Crippen LogP contribution is 2.25. The fourth-order valence-electron chi connectivity index (χ4n) is 1.49. The van der Waals surface area contributed by atoms with E-state index in [0.29, 0.717) is 4.96 Å². The number of para-hydroxylation sites is 2. The number of hydrogen-bond donors (Lipinski definition) is 0. The molecule has 3 rings (SSSR count).